The fourth-order valence-electron chi connectivity index (χ4n) is 0.984. The van der Waals surface area contributed by atoms with Crippen molar-refractivity contribution in [3.05, 3.63) is 21.8 Å². The predicted molar refractivity (Wildman–Crippen MR) is 50.5 cm³/mol. The molecule has 0 saturated heterocycles. The van der Waals surface area contributed by atoms with E-state index >= 15 is 0 Å². The molecule has 11 heavy (non-hydrogen) atoms. The number of hydrogen-bond acceptors (Lipinski definition) is 2. The number of nitrogen functional groups attached to an aromatic ring is 1. The number of aryl methyl sites for hydroxylation is 2. The molecule has 0 saturated carbocycles. The van der Waals surface area contributed by atoms with E-state index in [0.717, 1.165) is 22.2 Å². The van der Waals surface area contributed by atoms with E-state index in [2.05, 4.69) is 27.8 Å². The van der Waals surface area contributed by atoms with Crippen LogP contribution in [0.25, 0.3) is 0 Å². The molecule has 0 aliphatic heterocycles. The van der Waals surface area contributed by atoms with Gasteiger partial charge in [-0.2, -0.15) is 0 Å². The van der Waals surface area contributed by atoms with Gasteiger partial charge in [-0.1, -0.05) is 6.92 Å². The van der Waals surface area contributed by atoms with Crippen LogP contribution in [-0.2, 0) is 6.42 Å². The Labute approximate surface area is 75.0 Å². The van der Waals surface area contributed by atoms with Crippen LogP contribution in [-0.4, -0.2) is 4.98 Å². The lowest BCUT2D eigenvalue weighted by atomic mass is 10.2. The van der Waals surface area contributed by atoms with Gasteiger partial charge in [0, 0.05) is 4.47 Å². The van der Waals surface area contributed by atoms with Crippen LogP contribution in [0.3, 0.4) is 0 Å². The number of halogens is 1. The Morgan fingerprint density at radius 1 is 1.64 bits per heavy atom. The molecule has 0 unspecified atom stereocenters. The molecule has 0 aromatic carbocycles. The average molecular weight is 215 g/mol. The van der Waals surface area contributed by atoms with Gasteiger partial charge in [-0.3, -0.25) is 0 Å². The van der Waals surface area contributed by atoms with Gasteiger partial charge >= 0.3 is 0 Å². The number of rotatable bonds is 1. The third-order valence-corrected chi connectivity index (χ3v) is 2.65. The van der Waals surface area contributed by atoms with Crippen LogP contribution in [0.2, 0.25) is 0 Å². The van der Waals surface area contributed by atoms with Crippen molar-refractivity contribution in [2.24, 2.45) is 0 Å². The Morgan fingerprint density at radius 2 is 2.27 bits per heavy atom. The summed E-state index contributed by atoms with van der Waals surface area (Å²) in [5.74, 6) is 0.600. The molecule has 0 fully saturated rings. The Bertz CT molecular complexity index is 271. The first-order chi connectivity index (χ1) is 5.15. The molecule has 2 N–H and O–H groups in total. The van der Waals surface area contributed by atoms with Crippen molar-refractivity contribution < 1.29 is 0 Å². The van der Waals surface area contributed by atoms with Crippen molar-refractivity contribution in [2.45, 2.75) is 20.3 Å². The molecule has 1 aromatic heterocycles. The lowest BCUT2D eigenvalue weighted by Gasteiger charge is -2.04. The van der Waals surface area contributed by atoms with Gasteiger partial charge in [-0.15, -0.1) is 0 Å². The van der Waals surface area contributed by atoms with Gasteiger partial charge in [0.05, 0.1) is 5.69 Å². The van der Waals surface area contributed by atoms with E-state index < -0.39 is 0 Å². The van der Waals surface area contributed by atoms with Gasteiger partial charge in [-0.05, 0) is 40.9 Å². The summed E-state index contributed by atoms with van der Waals surface area (Å²) in [5, 5.41) is 0. The Kier molecular flexibility index (Phi) is 2.49. The molecule has 0 amide bonds. The quantitative estimate of drug-likeness (QED) is 0.780. The van der Waals surface area contributed by atoms with Crippen LogP contribution < -0.4 is 5.73 Å². The third kappa shape index (κ3) is 1.71. The summed E-state index contributed by atoms with van der Waals surface area (Å²) in [6.07, 6.45) is 0.909. The van der Waals surface area contributed by atoms with E-state index in [1.54, 1.807) is 0 Å². The summed E-state index contributed by atoms with van der Waals surface area (Å²) in [5.41, 5.74) is 7.75. The number of nitrogens with two attached hydrogens (primary N) is 1. The minimum absolute atomic E-state index is 0.600. The Morgan fingerprint density at radius 3 is 2.82 bits per heavy atom. The monoisotopic (exact) mass is 214 g/mol. The van der Waals surface area contributed by atoms with Crippen molar-refractivity contribution in [3.63, 3.8) is 0 Å². The maximum Gasteiger partial charge on any atom is 0.123 e. The normalized spacial score (nSPS) is 10.1. The maximum absolute atomic E-state index is 5.57. The minimum atomic E-state index is 0.600. The molecule has 0 radical (unpaired) electrons. The van der Waals surface area contributed by atoms with Crippen molar-refractivity contribution >= 4 is 21.7 Å². The van der Waals surface area contributed by atoms with Gasteiger partial charge in [0.2, 0.25) is 0 Å². The molecule has 2 nitrogen and oxygen atoms in total. The van der Waals surface area contributed by atoms with Crippen LogP contribution in [0, 0.1) is 6.92 Å². The third-order valence-electron chi connectivity index (χ3n) is 1.56. The standard InChI is InChI=1S/C8H11BrN2/c1-3-6-8(9)5(2)4-7(10)11-6/h4H,3H2,1-2H3,(H2,10,11). The molecular weight excluding hydrogens is 204 g/mol. The van der Waals surface area contributed by atoms with E-state index in [-0.39, 0.29) is 0 Å². The molecule has 60 valence electrons. The Balaban J connectivity index is 3.24. The molecule has 0 aliphatic carbocycles. The van der Waals surface area contributed by atoms with Gasteiger partial charge < -0.3 is 5.73 Å². The zero-order valence-electron chi connectivity index (χ0n) is 6.69. The van der Waals surface area contributed by atoms with E-state index in [9.17, 15) is 0 Å². The highest BCUT2D eigenvalue weighted by atomic mass is 79.9. The first-order valence-electron chi connectivity index (χ1n) is 3.56. The second-order valence-corrected chi connectivity index (χ2v) is 3.27. The maximum atomic E-state index is 5.57. The smallest absolute Gasteiger partial charge is 0.123 e. The van der Waals surface area contributed by atoms with E-state index in [4.69, 9.17) is 5.73 Å². The highest BCUT2D eigenvalue weighted by molar-refractivity contribution is 9.10. The second kappa shape index (κ2) is 3.22. The van der Waals surface area contributed by atoms with Gasteiger partial charge in [-0.25, -0.2) is 4.98 Å². The molecule has 0 bridgehead atoms. The second-order valence-electron chi connectivity index (χ2n) is 2.48. The lowest BCUT2D eigenvalue weighted by Crippen LogP contribution is -1.97. The predicted octanol–water partition coefficient (Wildman–Crippen LogP) is 2.30. The summed E-state index contributed by atoms with van der Waals surface area (Å²) in [4.78, 5) is 4.18. The summed E-state index contributed by atoms with van der Waals surface area (Å²) in [6, 6.07) is 1.86. The first kappa shape index (κ1) is 8.53. The molecular formula is C8H11BrN2. The summed E-state index contributed by atoms with van der Waals surface area (Å²) in [7, 11) is 0. The van der Waals surface area contributed by atoms with E-state index in [1.807, 2.05) is 13.0 Å². The summed E-state index contributed by atoms with van der Waals surface area (Å²) >= 11 is 3.46. The topological polar surface area (TPSA) is 38.9 Å². The van der Waals surface area contributed by atoms with Gasteiger partial charge in [0.1, 0.15) is 5.82 Å². The SMILES string of the molecule is CCc1nc(N)cc(C)c1Br. The van der Waals surface area contributed by atoms with E-state index in [1.165, 1.54) is 0 Å². The molecule has 3 heteroatoms. The van der Waals surface area contributed by atoms with Crippen LogP contribution in [0.4, 0.5) is 5.82 Å². The molecule has 1 heterocycles. The van der Waals surface area contributed by atoms with Crippen molar-refractivity contribution in [3.8, 4) is 0 Å². The van der Waals surface area contributed by atoms with Crippen molar-refractivity contribution in [2.75, 3.05) is 5.73 Å². The van der Waals surface area contributed by atoms with E-state index in [0.29, 0.717) is 5.82 Å². The molecule has 0 aliphatic rings. The molecule has 0 atom stereocenters. The van der Waals surface area contributed by atoms with Crippen molar-refractivity contribution in [1.29, 1.82) is 0 Å². The zero-order valence-corrected chi connectivity index (χ0v) is 8.27. The van der Waals surface area contributed by atoms with Crippen LogP contribution >= 0.6 is 15.9 Å². The fraction of sp³-hybridized carbons (Fsp3) is 0.375. The molecule has 0 spiro atoms. The van der Waals surface area contributed by atoms with Crippen LogP contribution in [0.1, 0.15) is 18.2 Å². The molecule has 1 aromatic rings. The molecule has 1 rings (SSSR count). The van der Waals surface area contributed by atoms with Gasteiger partial charge in [0.15, 0.2) is 0 Å². The number of anilines is 1. The van der Waals surface area contributed by atoms with Gasteiger partial charge in [0.25, 0.3) is 0 Å². The Hall–Kier alpha value is -0.570. The zero-order chi connectivity index (χ0) is 8.43. The average Bonchev–Trinajstić information content (AvgIpc) is 1.96. The van der Waals surface area contributed by atoms with Crippen LogP contribution in [0.15, 0.2) is 10.5 Å². The largest absolute Gasteiger partial charge is 0.384 e. The highest BCUT2D eigenvalue weighted by Crippen LogP contribution is 2.21. The lowest BCUT2D eigenvalue weighted by molar-refractivity contribution is 1.02. The number of nitrogens with zero attached hydrogens (tertiary/aromatic N) is 1. The number of hydrogen-bond donors (Lipinski definition) is 1. The van der Waals surface area contributed by atoms with Crippen LogP contribution in [0.5, 0.6) is 0 Å². The summed E-state index contributed by atoms with van der Waals surface area (Å²) < 4.78 is 1.08. The van der Waals surface area contributed by atoms with Crippen molar-refractivity contribution in [1.82, 2.24) is 4.98 Å². The summed E-state index contributed by atoms with van der Waals surface area (Å²) in [6.45, 7) is 4.08. The highest BCUT2D eigenvalue weighted by Gasteiger charge is 2.03. The number of pyridine rings is 1. The minimum Gasteiger partial charge on any atom is -0.384 e. The fourth-order valence-corrected chi connectivity index (χ4v) is 1.47. The number of aromatic nitrogens is 1. The first-order valence-corrected chi connectivity index (χ1v) is 4.36.